The number of hydrogen-bond acceptors (Lipinski definition) is 3. The average Bonchev–Trinajstić information content (AvgIpc) is 2.35. The van der Waals surface area contributed by atoms with Crippen LogP contribution in [0.1, 0.15) is 18.5 Å². The molecule has 6 heteroatoms. The molecule has 0 aliphatic heterocycles. The van der Waals surface area contributed by atoms with Gasteiger partial charge in [-0.25, -0.2) is 5.10 Å². The first-order valence-electron chi connectivity index (χ1n) is 5.33. The predicted molar refractivity (Wildman–Crippen MR) is 76.0 cm³/mol. The van der Waals surface area contributed by atoms with E-state index in [1.807, 2.05) is 31.2 Å². The van der Waals surface area contributed by atoms with Gasteiger partial charge in [0, 0.05) is 11.1 Å². The monoisotopic (exact) mass is 327 g/mol. The standard InChI is InChI=1S/C12H11BrClN3O/c1-7(8-3-2-4-9(14)5-8)16-10-6-15-17-12(18)11(10)13/h2-7H,1H3,(H2,16,17,18). The molecule has 0 saturated carbocycles. The van der Waals surface area contributed by atoms with Crippen LogP contribution in [-0.2, 0) is 0 Å². The summed E-state index contributed by atoms with van der Waals surface area (Å²) in [5.41, 5.74) is 1.42. The number of aromatic amines is 1. The third-order valence-corrected chi connectivity index (χ3v) is 3.54. The number of hydrogen-bond donors (Lipinski definition) is 2. The van der Waals surface area contributed by atoms with E-state index in [-0.39, 0.29) is 11.6 Å². The quantitative estimate of drug-likeness (QED) is 0.908. The van der Waals surface area contributed by atoms with E-state index in [0.717, 1.165) is 5.56 Å². The molecule has 4 nitrogen and oxygen atoms in total. The highest BCUT2D eigenvalue weighted by Gasteiger charge is 2.10. The Morgan fingerprint density at radius 2 is 2.28 bits per heavy atom. The molecule has 0 fully saturated rings. The highest BCUT2D eigenvalue weighted by atomic mass is 79.9. The van der Waals surface area contributed by atoms with Crippen molar-refractivity contribution in [2.24, 2.45) is 0 Å². The Kier molecular flexibility index (Phi) is 4.04. The highest BCUT2D eigenvalue weighted by molar-refractivity contribution is 9.10. The van der Waals surface area contributed by atoms with Gasteiger partial charge in [0.15, 0.2) is 0 Å². The zero-order valence-electron chi connectivity index (χ0n) is 9.58. The molecule has 2 N–H and O–H groups in total. The third kappa shape index (κ3) is 2.91. The Morgan fingerprint density at radius 1 is 1.50 bits per heavy atom. The van der Waals surface area contributed by atoms with Crippen LogP contribution in [0.5, 0.6) is 0 Å². The van der Waals surface area contributed by atoms with Crippen molar-refractivity contribution < 1.29 is 0 Å². The minimum absolute atomic E-state index is 0.0172. The maximum atomic E-state index is 11.4. The lowest BCUT2D eigenvalue weighted by Gasteiger charge is -2.16. The molecule has 94 valence electrons. The maximum absolute atomic E-state index is 11.4. The number of halogens is 2. The van der Waals surface area contributed by atoms with Crippen molar-refractivity contribution in [2.45, 2.75) is 13.0 Å². The van der Waals surface area contributed by atoms with Gasteiger partial charge >= 0.3 is 0 Å². The lowest BCUT2D eigenvalue weighted by Crippen LogP contribution is -2.14. The molecule has 2 rings (SSSR count). The summed E-state index contributed by atoms with van der Waals surface area (Å²) in [6.07, 6.45) is 1.56. The van der Waals surface area contributed by atoms with Crippen molar-refractivity contribution in [2.75, 3.05) is 5.32 Å². The first kappa shape index (κ1) is 13.1. The Bertz CT molecular complexity index is 614. The second-order valence-electron chi connectivity index (χ2n) is 3.85. The summed E-state index contributed by atoms with van der Waals surface area (Å²) in [6, 6.07) is 7.58. The molecule has 1 heterocycles. The molecular weight excluding hydrogens is 318 g/mol. The predicted octanol–water partition coefficient (Wildman–Crippen LogP) is 3.36. The molecule has 0 amide bonds. The first-order chi connectivity index (χ1) is 8.58. The van der Waals surface area contributed by atoms with Gasteiger partial charge in [0.2, 0.25) is 0 Å². The summed E-state index contributed by atoms with van der Waals surface area (Å²) < 4.78 is 0.436. The van der Waals surface area contributed by atoms with Gasteiger partial charge in [-0.3, -0.25) is 4.79 Å². The second-order valence-corrected chi connectivity index (χ2v) is 5.08. The van der Waals surface area contributed by atoms with Crippen LogP contribution in [-0.4, -0.2) is 10.2 Å². The van der Waals surface area contributed by atoms with Gasteiger partial charge in [0.25, 0.3) is 5.56 Å². The van der Waals surface area contributed by atoms with Crippen LogP contribution < -0.4 is 10.9 Å². The van der Waals surface area contributed by atoms with Crippen LogP contribution in [0.25, 0.3) is 0 Å². The van der Waals surface area contributed by atoms with E-state index in [4.69, 9.17) is 11.6 Å². The molecule has 1 atom stereocenters. The lowest BCUT2D eigenvalue weighted by molar-refractivity contribution is 0.871. The molecule has 0 bridgehead atoms. The van der Waals surface area contributed by atoms with Crippen molar-refractivity contribution in [3.8, 4) is 0 Å². The summed E-state index contributed by atoms with van der Waals surface area (Å²) in [5, 5.41) is 9.99. The maximum Gasteiger partial charge on any atom is 0.280 e. The molecule has 0 saturated heterocycles. The number of aromatic nitrogens is 2. The molecule has 1 unspecified atom stereocenters. The number of H-pyrrole nitrogens is 1. The van der Waals surface area contributed by atoms with E-state index in [1.165, 1.54) is 0 Å². The Labute approximate surface area is 118 Å². The molecule has 2 aromatic rings. The average molecular weight is 329 g/mol. The van der Waals surface area contributed by atoms with Gasteiger partial charge in [-0.05, 0) is 40.5 Å². The molecule has 1 aromatic carbocycles. The summed E-state index contributed by atoms with van der Waals surface area (Å²) in [7, 11) is 0. The number of rotatable bonds is 3. The third-order valence-electron chi connectivity index (χ3n) is 2.52. The van der Waals surface area contributed by atoms with E-state index < -0.39 is 0 Å². The molecule has 0 radical (unpaired) electrons. The minimum Gasteiger partial charge on any atom is -0.376 e. The van der Waals surface area contributed by atoms with Crippen molar-refractivity contribution in [1.82, 2.24) is 10.2 Å². The van der Waals surface area contributed by atoms with E-state index in [1.54, 1.807) is 6.20 Å². The zero-order chi connectivity index (χ0) is 13.1. The fourth-order valence-corrected chi connectivity index (χ4v) is 2.08. The highest BCUT2D eigenvalue weighted by Crippen LogP contribution is 2.24. The van der Waals surface area contributed by atoms with E-state index >= 15 is 0 Å². The van der Waals surface area contributed by atoms with Crippen LogP contribution in [0, 0.1) is 0 Å². The van der Waals surface area contributed by atoms with Crippen LogP contribution in [0.15, 0.2) is 39.7 Å². The summed E-state index contributed by atoms with van der Waals surface area (Å²) in [4.78, 5) is 11.4. The first-order valence-corrected chi connectivity index (χ1v) is 6.50. The number of benzene rings is 1. The lowest BCUT2D eigenvalue weighted by atomic mass is 10.1. The molecule has 0 aliphatic rings. The van der Waals surface area contributed by atoms with Crippen molar-refractivity contribution >= 4 is 33.2 Å². The molecule has 1 aromatic heterocycles. The van der Waals surface area contributed by atoms with Gasteiger partial charge < -0.3 is 5.32 Å². The van der Waals surface area contributed by atoms with Gasteiger partial charge in [0.05, 0.1) is 11.9 Å². The van der Waals surface area contributed by atoms with E-state index in [0.29, 0.717) is 15.2 Å². The second kappa shape index (κ2) is 5.54. The minimum atomic E-state index is -0.265. The summed E-state index contributed by atoms with van der Waals surface area (Å²) in [5.74, 6) is 0. The largest absolute Gasteiger partial charge is 0.376 e. The van der Waals surface area contributed by atoms with E-state index in [9.17, 15) is 4.79 Å². The molecule has 0 aliphatic carbocycles. The normalized spacial score (nSPS) is 12.2. The van der Waals surface area contributed by atoms with Gasteiger partial charge in [-0.1, -0.05) is 23.7 Å². The van der Waals surface area contributed by atoms with Crippen molar-refractivity contribution in [3.63, 3.8) is 0 Å². The number of nitrogens with one attached hydrogen (secondary N) is 2. The smallest absolute Gasteiger partial charge is 0.280 e. The molecular formula is C12H11BrClN3O. The Hall–Kier alpha value is -1.33. The molecule has 18 heavy (non-hydrogen) atoms. The number of nitrogens with zero attached hydrogens (tertiary/aromatic N) is 1. The Morgan fingerprint density at radius 3 is 3.00 bits per heavy atom. The summed E-state index contributed by atoms with van der Waals surface area (Å²) >= 11 is 9.17. The molecule has 0 spiro atoms. The van der Waals surface area contributed by atoms with Gasteiger partial charge in [-0.15, -0.1) is 0 Å². The van der Waals surface area contributed by atoms with Crippen LogP contribution in [0.2, 0.25) is 5.02 Å². The summed E-state index contributed by atoms with van der Waals surface area (Å²) in [6.45, 7) is 1.99. The SMILES string of the molecule is CC(Nc1cn[nH]c(=O)c1Br)c1cccc(Cl)c1. The van der Waals surface area contributed by atoms with Gasteiger partial charge in [0.1, 0.15) is 4.47 Å². The van der Waals surface area contributed by atoms with E-state index in [2.05, 4.69) is 31.4 Å². The fraction of sp³-hybridized carbons (Fsp3) is 0.167. The Balaban J connectivity index is 2.24. The van der Waals surface area contributed by atoms with Gasteiger partial charge in [-0.2, -0.15) is 5.10 Å². The van der Waals surface area contributed by atoms with Crippen LogP contribution >= 0.6 is 27.5 Å². The number of anilines is 1. The zero-order valence-corrected chi connectivity index (χ0v) is 11.9. The van der Waals surface area contributed by atoms with Crippen molar-refractivity contribution in [1.29, 1.82) is 0 Å². The van der Waals surface area contributed by atoms with Crippen LogP contribution in [0.3, 0.4) is 0 Å². The fourth-order valence-electron chi connectivity index (χ4n) is 1.58. The van der Waals surface area contributed by atoms with Crippen molar-refractivity contribution in [3.05, 3.63) is 55.9 Å². The van der Waals surface area contributed by atoms with Crippen LogP contribution in [0.4, 0.5) is 5.69 Å². The topological polar surface area (TPSA) is 57.8 Å².